The van der Waals surface area contributed by atoms with E-state index in [0.29, 0.717) is 22.3 Å². The van der Waals surface area contributed by atoms with Crippen molar-refractivity contribution in [3.63, 3.8) is 0 Å². The van der Waals surface area contributed by atoms with Crippen molar-refractivity contribution >= 4 is 11.6 Å². The van der Waals surface area contributed by atoms with Gasteiger partial charge in [0.05, 0.1) is 18.2 Å². The molecule has 0 radical (unpaired) electrons. The normalized spacial score (nSPS) is 25.1. The van der Waals surface area contributed by atoms with Gasteiger partial charge in [0.2, 0.25) is 0 Å². The molecule has 1 heterocycles. The maximum atomic E-state index is 10.6. The summed E-state index contributed by atoms with van der Waals surface area (Å²) >= 11 is 6.22. The molecule has 1 aromatic carbocycles. The van der Waals surface area contributed by atoms with Crippen LogP contribution < -0.4 is 10.1 Å². The monoisotopic (exact) mass is 283 g/mol. The second kappa shape index (κ2) is 6.60. The number of hydrogen-bond donors (Lipinski definition) is 2. The molecule has 0 bridgehead atoms. The number of methoxy groups -OCH3 is 1. The van der Waals surface area contributed by atoms with Crippen molar-refractivity contribution in [2.75, 3.05) is 13.7 Å². The van der Waals surface area contributed by atoms with Crippen LogP contribution in [0.15, 0.2) is 18.2 Å². The molecule has 3 atom stereocenters. The Hall–Kier alpha value is -0.770. The third kappa shape index (κ3) is 3.22. The van der Waals surface area contributed by atoms with E-state index in [2.05, 4.69) is 12.2 Å². The lowest BCUT2D eigenvalue weighted by Crippen LogP contribution is -2.42. The fraction of sp³-hybridized carbons (Fsp3) is 0.600. The lowest BCUT2D eigenvalue weighted by molar-refractivity contribution is 0.0956. The highest BCUT2D eigenvalue weighted by Gasteiger charge is 2.30. The summed E-state index contributed by atoms with van der Waals surface area (Å²) in [6, 6.07) is 5.51. The third-order valence-electron chi connectivity index (χ3n) is 4.03. The third-order valence-corrected chi connectivity index (χ3v) is 4.36. The molecule has 19 heavy (non-hydrogen) atoms. The number of rotatable bonds is 4. The zero-order valence-electron chi connectivity index (χ0n) is 11.5. The molecule has 106 valence electrons. The highest BCUT2D eigenvalue weighted by Crippen LogP contribution is 2.36. The zero-order valence-corrected chi connectivity index (χ0v) is 12.3. The van der Waals surface area contributed by atoms with Crippen molar-refractivity contribution in [1.82, 2.24) is 5.32 Å². The molecule has 2 rings (SSSR count). The van der Waals surface area contributed by atoms with Crippen LogP contribution >= 0.6 is 11.6 Å². The summed E-state index contributed by atoms with van der Waals surface area (Å²) < 4.78 is 5.32. The highest BCUT2D eigenvalue weighted by molar-refractivity contribution is 6.31. The van der Waals surface area contributed by atoms with E-state index in [9.17, 15) is 5.11 Å². The minimum absolute atomic E-state index is 0.0486. The van der Waals surface area contributed by atoms with Gasteiger partial charge in [-0.1, -0.05) is 31.0 Å². The first-order valence-electron chi connectivity index (χ1n) is 6.91. The Morgan fingerprint density at radius 3 is 3.00 bits per heavy atom. The summed E-state index contributed by atoms with van der Waals surface area (Å²) in [6.07, 6.45) is 2.69. The Morgan fingerprint density at radius 1 is 1.53 bits per heavy atom. The van der Waals surface area contributed by atoms with E-state index in [1.54, 1.807) is 13.2 Å². The van der Waals surface area contributed by atoms with Crippen LogP contribution in [0.4, 0.5) is 0 Å². The molecule has 4 heteroatoms. The van der Waals surface area contributed by atoms with E-state index in [1.807, 2.05) is 12.1 Å². The molecule has 1 aromatic rings. The van der Waals surface area contributed by atoms with Gasteiger partial charge in [-0.3, -0.25) is 0 Å². The summed E-state index contributed by atoms with van der Waals surface area (Å²) in [7, 11) is 1.60. The predicted octanol–water partition coefficient (Wildman–Crippen LogP) is 3.16. The average molecular weight is 284 g/mol. The number of aliphatic hydroxyl groups excluding tert-OH is 1. The molecule has 0 spiro atoms. The van der Waals surface area contributed by atoms with Crippen molar-refractivity contribution in [1.29, 1.82) is 0 Å². The molecule has 0 saturated carbocycles. The molecule has 0 aromatic heterocycles. The molecule has 0 aliphatic carbocycles. The Balaban J connectivity index is 2.21. The van der Waals surface area contributed by atoms with E-state index in [0.717, 1.165) is 19.4 Å². The first kappa shape index (κ1) is 14.6. The zero-order chi connectivity index (χ0) is 13.8. The molecule has 1 fully saturated rings. The van der Waals surface area contributed by atoms with Crippen molar-refractivity contribution in [3.05, 3.63) is 28.8 Å². The summed E-state index contributed by atoms with van der Waals surface area (Å²) in [5.41, 5.74) is 0.695. The quantitative estimate of drug-likeness (QED) is 0.892. The van der Waals surface area contributed by atoms with Gasteiger partial charge in [-0.15, -0.1) is 0 Å². The summed E-state index contributed by atoms with van der Waals surface area (Å²) in [6.45, 7) is 3.16. The largest absolute Gasteiger partial charge is 0.496 e. The predicted molar refractivity (Wildman–Crippen MR) is 77.8 cm³/mol. The smallest absolute Gasteiger partial charge is 0.126 e. The molecule has 1 saturated heterocycles. The SMILES string of the molecule is CCC1CCNC(C(O)c2c(Cl)cccc2OC)C1. The van der Waals surface area contributed by atoms with E-state index < -0.39 is 6.10 Å². The first-order valence-corrected chi connectivity index (χ1v) is 7.29. The van der Waals surface area contributed by atoms with Gasteiger partial charge in [-0.2, -0.15) is 0 Å². The fourth-order valence-electron chi connectivity index (χ4n) is 2.83. The van der Waals surface area contributed by atoms with E-state index in [4.69, 9.17) is 16.3 Å². The Kier molecular flexibility index (Phi) is 5.08. The molecular weight excluding hydrogens is 262 g/mol. The maximum absolute atomic E-state index is 10.6. The molecule has 1 aliphatic heterocycles. The van der Waals surface area contributed by atoms with Crippen molar-refractivity contribution in [2.24, 2.45) is 5.92 Å². The van der Waals surface area contributed by atoms with Gasteiger partial charge >= 0.3 is 0 Å². The summed E-state index contributed by atoms with van der Waals surface area (Å²) in [4.78, 5) is 0. The average Bonchev–Trinajstić information content (AvgIpc) is 2.46. The molecule has 1 aliphatic rings. The number of aliphatic hydroxyl groups is 1. The second-order valence-corrected chi connectivity index (χ2v) is 5.57. The summed E-state index contributed by atoms with van der Waals surface area (Å²) in [5, 5.41) is 14.6. The van der Waals surface area contributed by atoms with Crippen LogP contribution in [0.2, 0.25) is 5.02 Å². The number of halogens is 1. The molecule has 3 nitrogen and oxygen atoms in total. The minimum Gasteiger partial charge on any atom is -0.496 e. The first-order chi connectivity index (χ1) is 9.17. The van der Waals surface area contributed by atoms with E-state index in [-0.39, 0.29) is 6.04 Å². The Morgan fingerprint density at radius 2 is 2.32 bits per heavy atom. The molecular formula is C15H22ClNO2. The lowest BCUT2D eigenvalue weighted by atomic mass is 9.86. The lowest BCUT2D eigenvalue weighted by Gasteiger charge is -2.33. The van der Waals surface area contributed by atoms with Crippen molar-refractivity contribution in [3.8, 4) is 5.75 Å². The van der Waals surface area contributed by atoms with Crippen LogP contribution in [-0.2, 0) is 0 Å². The number of ether oxygens (including phenoxy) is 1. The second-order valence-electron chi connectivity index (χ2n) is 5.16. The van der Waals surface area contributed by atoms with E-state index in [1.165, 1.54) is 6.42 Å². The van der Waals surface area contributed by atoms with Crippen molar-refractivity contribution < 1.29 is 9.84 Å². The number of hydrogen-bond acceptors (Lipinski definition) is 3. The van der Waals surface area contributed by atoms with Crippen LogP contribution in [0.3, 0.4) is 0 Å². The highest BCUT2D eigenvalue weighted by atomic mass is 35.5. The maximum Gasteiger partial charge on any atom is 0.126 e. The number of nitrogens with one attached hydrogen (secondary N) is 1. The number of benzene rings is 1. The van der Waals surface area contributed by atoms with Gasteiger partial charge in [0.15, 0.2) is 0 Å². The minimum atomic E-state index is -0.627. The van der Waals surface area contributed by atoms with Gasteiger partial charge in [-0.05, 0) is 37.4 Å². The van der Waals surface area contributed by atoms with Crippen LogP contribution in [0, 0.1) is 5.92 Å². The van der Waals surface area contributed by atoms with Crippen LogP contribution in [-0.4, -0.2) is 24.8 Å². The molecule has 2 N–H and O–H groups in total. The number of piperidine rings is 1. The van der Waals surface area contributed by atoms with Crippen LogP contribution in [0.5, 0.6) is 5.75 Å². The fourth-order valence-corrected chi connectivity index (χ4v) is 3.11. The van der Waals surface area contributed by atoms with Crippen LogP contribution in [0.25, 0.3) is 0 Å². The molecule has 0 amide bonds. The Bertz CT molecular complexity index is 425. The van der Waals surface area contributed by atoms with Gasteiger partial charge in [0.25, 0.3) is 0 Å². The molecule has 3 unspecified atom stereocenters. The van der Waals surface area contributed by atoms with Crippen LogP contribution in [0.1, 0.15) is 37.9 Å². The van der Waals surface area contributed by atoms with Gasteiger partial charge in [0, 0.05) is 11.6 Å². The van der Waals surface area contributed by atoms with Crippen molar-refractivity contribution in [2.45, 2.75) is 38.3 Å². The standard InChI is InChI=1S/C15H22ClNO2/c1-3-10-7-8-17-12(9-10)15(18)14-11(16)5-4-6-13(14)19-2/h4-6,10,12,15,17-18H,3,7-9H2,1-2H3. The van der Waals surface area contributed by atoms with Gasteiger partial charge in [0.1, 0.15) is 5.75 Å². The van der Waals surface area contributed by atoms with E-state index >= 15 is 0 Å². The summed E-state index contributed by atoms with van der Waals surface area (Å²) in [5.74, 6) is 1.33. The van der Waals surface area contributed by atoms with Gasteiger partial charge < -0.3 is 15.2 Å². The van der Waals surface area contributed by atoms with Gasteiger partial charge in [-0.25, -0.2) is 0 Å². The Labute approximate surface area is 119 Å². The topological polar surface area (TPSA) is 41.5 Å².